The van der Waals surface area contributed by atoms with E-state index >= 15 is 0 Å². The van der Waals surface area contributed by atoms with Gasteiger partial charge in [-0.25, -0.2) is 0 Å². The van der Waals surface area contributed by atoms with Crippen molar-refractivity contribution in [2.75, 3.05) is 6.54 Å². The number of carboxylic acids is 1. The van der Waals surface area contributed by atoms with E-state index in [4.69, 9.17) is 5.11 Å². The fourth-order valence-electron chi connectivity index (χ4n) is 3.79. The third-order valence-electron chi connectivity index (χ3n) is 5.33. The number of hydrogen-bond acceptors (Lipinski definition) is 2. The number of carbonyl (C=O) groups is 1. The Bertz CT molecular complexity index is 648. The van der Waals surface area contributed by atoms with Gasteiger partial charge >= 0.3 is 5.97 Å². The summed E-state index contributed by atoms with van der Waals surface area (Å²) in [6.07, 6.45) is 4.53. The number of carboxylic acid groups (broad SMARTS) is 1. The van der Waals surface area contributed by atoms with Gasteiger partial charge in [-0.1, -0.05) is 60.7 Å². The molecule has 0 saturated heterocycles. The molecule has 0 aliphatic heterocycles. The average molecular weight is 337 g/mol. The van der Waals surface area contributed by atoms with Crippen molar-refractivity contribution in [3.8, 4) is 0 Å². The Morgan fingerprint density at radius 2 is 1.56 bits per heavy atom. The van der Waals surface area contributed by atoms with Crippen LogP contribution in [0.5, 0.6) is 0 Å². The molecule has 1 fully saturated rings. The van der Waals surface area contributed by atoms with Crippen molar-refractivity contribution in [3.63, 3.8) is 0 Å². The molecule has 0 spiro atoms. The predicted octanol–water partition coefficient (Wildman–Crippen LogP) is 4.25. The molecule has 132 valence electrons. The summed E-state index contributed by atoms with van der Waals surface area (Å²) < 4.78 is 0. The maximum Gasteiger partial charge on any atom is 0.306 e. The van der Waals surface area contributed by atoms with Crippen LogP contribution in [0, 0.1) is 5.92 Å². The van der Waals surface area contributed by atoms with Crippen LogP contribution < -0.4 is 5.32 Å². The minimum atomic E-state index is -0.635. The largest absolute Gasteiger partial charge is 0.481 e. The Kier molecular flexibility index (Phi) is 6.24. The lowest BCUT2D eigenvalue weighted by molar-refractivity contribution is -0.142. The Morgan fingerprint density at radius 3 is 2.16 bits per heavy atom. The monoisotopic (exact) mass is 337 g/mol. The third kappa shape index (κ3) is 5.17. The van der Waals surface area contributed by atoms with E-state index < -0.39 is 5.97 Å². The van der Waals surface area contributed by atoms with Crippen molar-refractivity contribution >= 4 is 5.97 Å². The van der Waals surface area contributed by atoms with Crippen molar-refractivity contribution in [3.05, 3.63) is 71.8 Å². The van der Waals surface area contributed by atoms with E-state index in [1.54, 1.807) is 0 Å². The molecule has 3 nitrogen and oxygen atoms in total. The number of rotatable bonds is 7. The highest BCUT2D eigenvalue weighted by atomic mass is 16.4. The SMILES string of the molecule is O=C(O)C1CCC(NCC(Cc2ccccc2)c2ccccc2)CC1. The van der Waals surface area contributed by atoms with Crippen LogP contribution in [0.3, 0.4) is 0 Å². The Hall–Kier alpha value is -2.13. The van der Waals surface area contributed by atoms with Gasteiger partial charge in [0.2, 0.25) is 0 Å². The zero-order valence-electron chi connectivity index (χ0n) is 14.6. The molecule has 0 bridgehead atoms. The molecule has 2 N–H and O–H groups in total. The summed E-state index contributed by atoms with van der Waals surface area (Å²) in [5.74, 6) is -0.349. The molecule has 3 heteroatoms. The van der Waals surface area contributed by atoms with Crippen LogP contribution in [-0.2, 0) is 11.2 Å². The van der Waals surface area contributed by atoms with Crippen molar-refractivity contribution in [1.29, 1.82) is 0 Å². The molecule has 0 amide bonds. The molecule has 2 aromatic carbocycles. The van der Waals surface area contributed by atoms with Gasteiger partial charge in [-0.15, -0.1) is 0 Å². The van der Waals surface area contributed by atoms with Crippen LogP contribution in [0.4, 0.5) is 0 Å². The summed E-state index contributed by atoms with van der Waals surface area (Å²) in [4.78, 5) is 11.1. The highest BCUT2D eigenvalue weighted by molar-refractivity contribution is 5.70. The van der Waals surface area contributed by atoms with Crippen LogP contribution in [0.25, 0.3) is 0 Å². The Balaban J connectivity index is 1.60. The number of hydrogen-bond donors (Lipinski definition) is 2. The summed E-state index contributed by atoms with van der Waals surface area (Å²) in [6.45, 7) is 0.932. The fraction of sp³-hybridized carbons (Fsp3) is 0.409. The van der Waals surface area contributed by atoms with Crippen molar-refractivity contribution in [2.45, 2.75) is 44.1 Å². The van der Waals surface area contributed by atoms with Gasteiger partial charge in [-0.3, -0.25) is 4.79 Å². The number of benzene rings is 2. The molecule has 0 aromatic heterocycles. The van der Waals surface area contributed by atoms with Gasteiger partial charge in [0.05, 0.1) is 5.92 Å². The second-order valence-corrected chi connectivity index (χ2v) is 7.09. The lowest BCUT2D eigenvalue weighted by Crippen LogP contribution is -2.37. The molecule has 0 heterocycles. The van der Waals surface area contributed by atoms with Crippen LogP contribution in [0.1, 0.15) is 42.7 Å². The maximum absolute atomic E-state index is 11.1. The van der Waals surface area contributed by atoms with Gasteiger partial charge in [-0.2, -0.15) is 0 Å². The molecule has 3 rings (SSSR count). The molecule has 1 aliphatic carbocycles. The van der Waals surface area contributed by atoms with Crippen molar-refractivity contribution < 1.29 is 9.90 Å². The van der Waals surface area contributed by atoms with E-state index in [0.29, 0.717) is 12.0 Å². The van der Waals surface area contributed by atoms with Crippen molar-refractivity contribution in [1.82, 2.24) is 5.32 Å². The van der Waals surface area contributed by atoms with Crippen molar-refractivity contribution in [2.24, 2.45) is 5.92 Å². The minimum absolute atomic E-state index is 0.146. The molecule has 0 radical (unpaired) electrons. The molecular weight excluding hydrogens is 310 g/mol. The summed E-state index contributed by atoms with van der Waals surface area (Å²) in [5.41, 5.74) is 2.71. The molecular formula is C22H27NO2. The quantitative estimate of drug-likeness (QED) is 0.794. The molecule has 1 atom stereocenters. The summed E-state index contributed by atoms with van der Waals surface area (Å²) in [5, 5.41) is 12.8. The number of nitrogens with one attached hydrogen (secondary N) is 1. The smallest absolute Gasteiger partial charge is 0.306 e. The number of aliphatic carboxylic acids is 1. The topological polar surface area (TPSA) is 49.3 Å². The Labute approximate surface area is 150 Å². The van der Waals surface area contributed by atoms with E-state index in [0.717, 1.165) is 38.6 Å². The van der Waals surface area contributed by atoms with Gasteiger partial charge in [0.1, 0.15) is 0 Å². The van der Waals surface area contributed by atoms with Crippen LogP contribution >= 0.6 is 0 Å². The zero-order chi connectivity index (χ0) is 17.5. The van der Waals surface area contributed by atoms with Crippen LogP contribution in [0.15, 0.2) is 60.7 Å². The molecule has 1 unspecified atom stereocenters. The first kappa shape index (κ1) is 17.7. The molecule has 1 saturated carbocycles. The highest BCUT2D eigenvalue weighted by Gasteiger charge is 2.26. The second kappa shape index (κ2) is 8.82. The average Bonchev–Trinajstić information content (AvgIpc) is 2.67. The lowest BCUT2D eigenvalue weighted by Gasteiger charge is -2.29. The maximum atomic E-state index is 11.1. The normalized spacial score (nSPS) is 21.6. The van der Waals surface area contributed by atoms with E-state index in [1.165, 1.54) is 11.1 Å². The molecule has 1 aliphatic rings. The highest BCUT2D eigenvalue weighted by Crippen LogP contribution is 2.26. The van der Waals surface area contributed by atoms with Crippen LogP contribution in [0.2, 0.25) is 0 Å². The van der Waals surface area contributed by atoms with Gasteiger partial charge < -0.3 is 10.4 Å². The van der Waals surface area contributed by atoms with E-state index in [-0.39, 0.29) is 5.92 Å². The van der Waals surface area contributed by atoms with E-state index in [9.17, 15) is 4.79 Å². The summed E-state index contributed by atoms with van der Waals surface area (Å²) in [6, 6.07) is 21.7. The lowest BCUT2D eigenvalue weighted by atomic mass is 9.85. The second-order valence-electron chi connectivity index (χ2n) is 7.09. The van der Waals surface area contributed by atoms with Gasteiger partial charge in [0.15, 0.2) is 0 Å². The van der Waals surface area contributed by atoms with Gasteiger partial charge in [-0.05, 0) is 43.2 Å². The first-order valence-corrected chi connectivity index (χ1v) is 9.27. The predicted molar refractivity (Wildman–Crippen MR) is 101 cm³/mol. The summed E-state index contributed by atoms with van der Waals surface area (Å²) >= 11 is 0. The van der Waals surface area contributed by atoms with Gasteiger partial charge in [0.25, 0.3) is 0 Å². The first-order valence-electron chi connectivity index (χ1n) is 9.27. The Morgan fingerprint density at radius 1 is 0.960 bits per heavy atom. The first-order chi connectivity index (χ1) is 12.2. The standard InChI is InChI=1S/C22H27NO2/c24-22(25)19-11-13-21(14-12-19)23-16-20(18-9-5-2-6-10-18)15-17-7-3-1-4-8-17/h1-10,19-21,23H,11-16H2,(H,24,25). The molecule has 2 aromatic rings. The third-order valence-corrected chi connectivity index (χ3v) is 5.33. The van der Waals surface area contributed by atoms with E-state index in [2.05, 4.69) is 66.0 Å². The van der Waals surface area contributed by atoms with E-state index in [1.807, 2.05) is 0 Å². The van der Waals surface area contributed by atoms with Crippen LogP contribution in [-0.4, -0.2) is 23.7 Å². The molecule has 25 heavy (non-hydrogen) atoms. The summed E-state index contributed by atoms with van der Waals surface area (Å²) in [7, 11) is 0. The van der Waals surface area contributed by atoms with Gasteiger partial charge in [0, 0.05) is 18.5 Å². The minimum Gasteiger partial charge on any atom is -0.481 e. The fourth-order valence-corrected chi connectivity index (χ4v) is 3.79. The zero-order valence-corrected chi connectivity index (χ0v) is 14.6.